The lowest BCUT2D eigenvalue weighted by molar-refractivity contribution is -0.147. The molecule has 5 nitrogen and oxygen atoms in total. The fraction of sp³-hybridized carbons (Fsp3) is 0.375. The maximum atomic E-state index is 12.9. The summed E-state index contributed by atoms with van der Waals surface area (Å²) in [5, 5.41) is 4.85. The van der Waals surface area contributed by atoms with E-state index in [1.165, 1.54) is 23.9 Å². The first-order valence-corrected chi connectivity index (χ1v) is 8.72. The Hall–Kier alpha value is -2.16. The average molecular weight is 374 g/mol. The van der Waals surface area contributed by atoms with Gasteiger partial charge in [-0.1, -0.05) is 18.7 Å². The van der Waals surface area contributed by atoms with Gasteiger partial charge in [-0.3, -0.25) is 4.79 Å². The van der Waals surface area contributed by atoms with E-state index in [0.717, 1.165) is 12.1 Å². The number of alkyl halides is 3. The van der Waals surface area contributed by atoms with Gasteiger partial charge in [0, 0.05) is 11.4 Å². The van der Waals surface area contributed by atoms with Gasteiger partial charge in [0.05, 0.1) is 11.6 Å². The number of halogens is 3. The number of benzene rings is 1. The van der Waals surface area contributed by atoms with E-state index >= 15 is 0 Å². The van der Waals surface area contributed by atoms with E-state index in [4.69, 9.17) is 4.74 Å². The highest BCUT2D eigenvalue weighted by atomic mass is 32.2. The topological polar surface area (TPSA) is 67.4 Å². The van der Waals surface area contributed by atoms with E-state index < -0.39 is 35.7 Å². The number of hydrogen-bond acceptors (Lipinski definition) is 4. The van der Waals surface area contributed by atoms with E-state index in [0.29, 0.717) is 5.75 Å². The maximum absolute atomic E-state index is 12.9. The SMILES string of the molecule is C=C1NC(=O)N[C@@H](c2cccc(C(F)(F)F)c2)[C@@H]1C(=O)OCCSC. The first-order valence-electron chi connectivity index (χ1n) is 7.33. The summed E-state index contributed by atoms with van der Waals surface area (Å²) in [6, 6.07) is 2.84. The first kappa shape index (κ1) is 19.2. The predicted molar refractivity (Wildman–Crippen MR) is 87.8 cm³/mol. The summed E-state index contributed by atoms with van der Waals surface area (Å²) in [6.07, 6.45) is -2.68. The van der Waals surface area contributed by atoms with Gasteiger partial charge in [0.1, 0.15) is 12.5 Å². The van der Waals surface area contributed by atoms with E-state index in [1.807, 2.05) is 6.26 Å². The number of nitrogens with one attached hydrogen (secondary N) is 2. The van der Waals surface area contributed by atoms with Gasteiger partial charge in [-0.25, -0.2) is 4.79 Å². The zero-order chi connectivity index (χ0) is 18.6. The van der Waals surface area contributed by atoms with Crippen molar-refractivity contribution in [3.63, 3.8) is 0 Å². The van der Waals surface area contributed by atoms with E-state index in [9.17, 15) is 22.8 Å². The molecule has 25 heavy (non-hydrogen) atoms. The summed E-state index contributed by atoms with van der Waals surface area (Å²) in [6.45, 7) is 3.80. The number of esters is 1. The molecular weight excluding hydrogens is 357 g/mol. The fourth-order valence-electron chi connectivity index (χ4n) is 2.46. The number of ether oxygens (including phenoxy) is 1. The molecule has 136 valence electrons. The third kappa shape index (κ3) is 4.68. The summed E-state index contributed by atoms with van der Waals surface area (Å²) >= 11 is 1.48. The fourth-order valence-corrected chi connectivity index (χ4v) is 2.71. The second kappa shape index (κ2) is 7.81. The normalized spacial score (nSPS) is 20.6. The number of thioether (sulfide) groups is 1. The molecular formula is C16H17F3N2O3S. The smallest absolute Gasteiger partial charge is 0.416 e. The Kier molecular flexibility index (Phi) is 5.99. The van der Waals surface area contributed by atoms with E-state index in [1.54, 1.807) is 0 Å². The minimum atomic E-state index is -4.53. The van der Waals surface area contributed by atoms with Gasteiger partial charge in [-0.05, 0) is 24.0 Å². The molecule has 1 aliphatic heterocycles. The summed E-state index contributed by atoms with van der Waals surface area (Å²) in [4.78, 5) is 24.1. The highest BCUT2D eigenvalue weighted by Gasteiger charge is 2.40. The van der Waals surface area contributed by atoms with Crippen molar-refractivity contribution in [3.05, 3.63) is 47.7 Å². The molecule has 2 rings (SSSR count). The van der Waals surface area contributed by atoms with Crippen LogP contribution in [0, 0.1) is 5.92 Å². The number of hydrogen-bond donors (Lipinski definition) is 2. The molecule has 9 heteroatoms. The van der Waals surface area contributed by atoms with Crippen LogP contribution in [0.4, 0.5) is 18.0 Å². The Bertz CT molecular complexity index is 679. The van der Waals surface area contributed by atoms with E-state index in [-0.39, 0.29) is 17.9 Å². The third-order valence-corrected chi connectivity index (χ3v) is 4.20. The van der Waals surface area contributed by atoms with Crippen LogP contribution < -0.4 is 10.6 Å². The molecule has 2 N–H and O–H groups in total. The first-order chi connectivity index (χ1) is 11.7. The summed E-state index contributed by atoms with van der Waals surface area (Å²) in [5.41, 5.74) is -0.629. The van der Waals surface area contributed by atoms with E-state index in [2.05, 4.69) is 17.2 Å². The number of amides is 2. The van der Waals surface area contributed by atoms with Crippen molar-refractivity contribution < 1.29 is 27.5 Å². The molecule has 0 radical (unpaired) electrons. The Labute approximate surface area is 147 Å². The van der Waals surface area contributed by atoms with Crippen LogP contribution >= 0.6 is 11.8 Å². The molecule has 0 spiro atoms. The molecule has 1 heterocycles. The lowest BCUT2D eigenvalue weighted by Crippen LogP contribution is -2.51. The van der Waals surface area contributed by atoms with Crippen molar-refractivity contribution in [3.8, 4) is 0 Å². The van der Waals surface area contributed by atoms with Crippen molar-refractivity contribution >= 4 is 23.8 Å². The molecule has 0 aromatic heterocycles. The maximum Gasteiger partial charge on any atom is 0.416 e. The Morgan fingerprint density at radius 1 is 1.40 bits per heavy atom. The van der Waals surface area contributed by atoms with Gasteiger partial charge < -0.3 is 15.4 Å². The van der Waals surface area contributed by atoms with Crippen LogP contribution in [-0.2, 0) is 15.7 Å². The van der Waals surface area contributed by atoms with Crippen molar-refractivity contribution in [2.75, 3.05) is 18.6 Å². The third-order valence-electron chi connectivity index (χ3n) is 3.63. The van der Waals surface area contributed by atoms with Crippen LogP contribution in [0.15, 0.2) is 36.5 Å². The van der Waals surface area contributed by atoms with Crippen LogP contribution in [0.25, 0.3) is 0 Å². The van der Waals surface area contributed by atoms with Gasteiger partial charge in [-0.2, -0.15) is 24.9 Å². The zero-order valence-corrected chi connectivity index (χ0v) is 14.2. The van der Waals surface area contributed by atoms with Crippen molar-refractivity contribution in [2.45, 2.75) is 12.2 Å². The minimum Gasteiger partial charge on any atom is -0.464 e. The molecule has 1 aromatic carbocycles. The summed E-state index contributed by atoms with van der Waals surface area (Å²) in [7, 11) is 0. The largest absolute Gasteiger partial charge is 0.464 e. The molecule has 1 aliphatic rings. The van der Waals surface area contributed by atoms with Crippen LogP contribution in [-0.4, -0.2) is 30.6 Å². The van der Waals surface area contributed by atoms with Gasteiger partial charge in [-0.15, -0.1) is 0 Å². The predicted octanol–water partition coefficient (Wildman–Crippen LogP) is 3.10. The number of urea groups is 1. The number of rotatable bonds is 5. The van der Waals surface area contributed by atoms with Crippen LogP contribution in [0.3, 0.4) is 0 Å². The Morgan fingerprint density at radius 2 is 2.12 bits per heavy atom. The molecule has 1 saturated heterocycles. The lowest BCUT2D eigenvalue weighted by Gasteiger charge is -2.33. The van der Waals surface area contributed by atoms with Gasteiger partial charge in [0.15, 0.2) is 0 Å². The second-order valence-electron chi connectivity index (χ2n) is 5.36. The monoisotopic (exact) mass is 374 g/mol. The van der Waals surface area contributed by atoms with Gasteiger partial charge in [0.2, 0.25) is 0 Å². The molecule has 2 atom stereocenters. The molecule has 1 aromatic rings. The number of carbonyl (C=O) groups excluding carboxylic acids is 2. The zero-order valence-electron chi connectivity index (χ0n) is 13.4. The summed E-state index contributed by atoms with van der Waals surface area (Å²) < 4.78 is 44.0. The van der Waals surface area contributed by atoms with Gasteiger partial charge >= 0.3 is 18.2 Å². The molecule has 1 fully saturated rings. The van der Waals surface area contributed by atoms with Gasteiger partial charge in [0.25, 0.3) is 0 Å². The minimum absolute atomic E-state index is 0.0836. The highest BCUT2D eigenvalue weighted by Crippen LogP contribution is 2.35. The van der Waals surface area contributed by atoms with Crippen LogP contribution in [0.5, 0.6) is 0 Å². The summed E-state index contributed by atoms with van der Waals surface area (Å²) in [5.74, 6) is -1.10. The quantitative estimate of drug-likeness (QED) is 0.614. The van der Waals surface area contributed by atoms with Crippen LogP contribution in [0.1, 0.15) is 17.2 Å². The molecule has 0 bridgehead atoms. The Balaban J connectivity index is 2.32. The average Bonchev–Trinajstić information content (AvgIpc) is 2.53. The molecule has 0 unspecified atom stereocenters. The number of carbonyl (C=O) groups is 2. The van der Waals surface area contributed by atoms with Crippen molar-refractivity contribution in [2.24, 2.45) is 5.92 Å². The lowest BCUT2D eigenvalue weighted by atomic mass is 9.88. The Morgan fingerprint density at radius 3 is 2.76 bits per heavy atom. The highest BCUT2D eigenvalue weighted by molar-refractivity contribution is 7.98. The molecule has 0 aliphatic carbocycles. The van der Waals surface area contributed by atoms with Crippen molar-refractivity contribution in [1.82, 2.24) is 10.6 Å². The standard InChI is InChI=1S/C16H17F3N2O3S/c1-9-12(14(22)24-6-7-25-2)13(21-15(23)20-9)10-4-3-5-11(8-10)16(17,18)19/h3-5,8,12-13H,1,6-7H2,2H3,(H2,20,21,23)/t12-,13+/m1/s1. The molecule has 0 saturated carbocycles. The molecule has 2 amide bonds. The van der Waals surface area contributed by atoms with Crippen molar-refractivity contribution in [1.29, 1.82) is 0 Å². The van der Waals surface area contributed by atoms with Crippen LogP contribution in [0.2, 0.25) is 0 Å². The second-order valence-corrected chi connectivity index (χ2v) is 6.35.